The first-order valence-electron chi connectivity index (χ1n) is 11.8. The molecule has 2 atom stereocenters. The molecule has 1 aromatic carbocycles. The third-order valence-electron chi connectivity index (χ3n) is 7.02. The minimum Gasteiger partial charge on any atom is -0.338 e. The normalized spacial score (nSPS) is 22.1. The Hall–Kier alpha value is -2.28. The molecule has 1 saturated carbocycles. The molecule has 4 rings (SSSR count). The lowest BCUT2D eigenvalue weighted by Crippen LogP contribution is -2.53. The number of hydrogen-bond acceptors (Lipinski definition) is 4. The third kappa shape index (κ3) is 4.84. The van der Waals surface area contributed by atoms with Crippen LogP contribution in [0.15, 0.2) is 48.8 Å². The number of amides is 1. The SMILES string of the molecule is CC(OCN(C)C1(c2ccccc2Cl)CCCCC1=O)[n+]1cccc(C(=O)N2CCCC2)c1. The summed E-state index contributed by atoms with van der Waals surface area (Å²) in [6.45, 7) is 3.85. The van der Waals surface area contributed by atoms with Crippen molar-refractivity contribution in [1.29, 1.82) is 0 Å². The number of carbonyl (C=O) groups is 2. The van der Waals surface area contributed by atoms with Crippen LogP contribution in [-0.2, 0) is 15.1 Å². The summed E-state index contributed by atoms with van der Waals surface area (Å²) in [7, 11) is 1.93. The van der Waals surface area contributed by atoms with E-state index in [1.165, 1.54) is 0 Å². The fraction of sp³-hybridized carbons (Fsp3) is 0.500. The third-order valence-corrected chi connectivity index (χ3v) is 7.35. The Balaban J connectivity index is 1.49. The van der Waals surface area contributed by atoms with Crippen molar-refractivity contribution in [3.05, 3.63) is 64.9 Å². The molecule has 0 spiro atoms. The van der Waals surface area contributed by atoms with Crippen molar-refractivity contribution in [3.63, 3.8) is 0 Å². The number of nitrogens with zero attached hydrogens (tertiary/aromatic N) is 3. The van der Waals surface area contributed by atoms with Crippen molar-refractivity contribution in [2.45, 2.75) is 57.2 Å². The summed E-state index contributed by atoms with van der Waals surface area (Å²) in [5, 5.41) is 0.607. The summed E-state index contributed by atoms with van der Waals surface area (Å²) in [4.78, 5) is 29.9. The monoisotopic (exact) mass is 470 g/mol. The molecule has 1 aliphatic heterocycles. The lowest BCUT2D eigenvalue weighted by atomic mass is 9.74. The molecular formula is C26H33ClN3O3+. The van der Waals surface area contributed by atoms with Gasteiger partial charge in [-0.25, -0.2) is 0 Å². The van der Waals surface area contributed by atoms with Crippen LogP contribution in [0.25, 0.3) is 0 Å². The zero-order valence-corrected chi connectivity index (χ0v) is 20.3. The molecular weight excluding hydrogens is 438 g/mol. The average molecular weight is 471 g/mol. The van der Waals surface area contributed by atoms with Crippen molar-refractivity contribution in [2.75, 3.05) is 26.9 Å². The highest BCUT2D eigenvalue weighted by atomic mass is 35.5. The number of pyridine rings is 1. The van der Waals surface area contributed by atoms with Gasteiger partial charge in [0.05, 0.1) is 0 Å². The molecule has 1 amide bonds. The van der Waals surface area contributed by atoms with E-state index in [2.05, 4.69) is 0 Å². The average Bonchev–Trinajstić information content (AvgIpc) is 3.38. The number of Topliss-reactive ketones (excluding diaryl/α,β-unsaturated/α-hetero) is 1. The van der Waals surface area contributed by atoms with Crippen LogP contribution in [0.4, 0.5) is 0 Å². The number of halogens is 1. The molecule has 0 radical (unpaired) electrons. The molecule has 1 aliphatic carbocycles. The maximum Gasteiger partial charge on any atom is 0.260 e. The number of ketones is 1. The molecule has 2 aromatic rings. The largest absolute Gasteiger partial charge is 0.338 e. The predicted molar refractivity (Wildman–Crippen MR) is 127 cm³/mol. The van der Waals surface area contributed by atoms with E-state index in [9.17, 15) is 9.59 Å². The predicted octanol–water partition coefficient (Wildman–Crippen LogP) is 4.33. The van der Waals surface area contributed by atoms with Gasteiger partial charge in [-0.3, -0.25) is 14.5 Å². The van der Waals surface area contributed by atoms with E-state index in [1.807, 2.05) is 77.1 Å². The van der Waals surface area contributed by atoms with Crippen molar-refractivity contribution in [3.8, 4) is 0 Å². The molecule has 1 saturated heterocycles. The number of likely N-dealkylation sites (tertiary alicyclic amines) is 1. The first-order chi connectivity index (χ1) is 15.9. The Labute approximate surface area is 201 Å². The van der Waals surface area contributed by atoms with Crippen molar-refractivity contribution in [1.82, 2.24) is 9.80 Å². The van der Waals surface area contributed by atoms with E-state index in [4.69, 9.17) is 16.3 Å². The summed E-state index contributed by atoms with van der Waals surface area (Å²) in [6, 6.07) is 11.3. The highest BCUT2D eigenvalue weighted by Gasteiger charge is 2.46. The summed E-state index contributed by atoms with van der Waals surface area (Å²) in [5.41, 5.74) is 0.730. The maximum atomic E-state index is 13.3. The number of carbonyl (C=O) groups excluding carboxylic acids is 2. The number of aromatic nitrogens is 1. The molecule has 2 unspecified atom stereocenters. The van der Waals surface area contributed by atoms with Crippen LogP contribution in [0.5, 0.6) is 0 Å². The number of likely N-dealkylation sites (N-methyl/N-ethyl adjacent to an activating group) is 1. The Morgan fingerprint density at radius 2 is 1.94 bits per heavy atom. The van der Waals surface area contributed by atoms with Gasteiger partial charge in [0.1, 0.15) is 17.8 Å². The lowest BCUT2D eigenvalue weighted by molar-refractivity contribution is -0.759. The number of benzene rings is 1. The van der Waals surface area contributed by atoms with Crippen LogP contribution < -0.4 is 4.57 Å². The second-order valence-corrected chi connectivity index (χ2v) is 9.51. The number of ether oxygens (including phenoxy) is 1. The Morgan fingerprint density at radius 1 is 1.18 bits per heavy atom. The quantitative estimate of drug-likeness (QED) is 0.446. The highest BCUT2D eigenvalue weighted by Crippen LogP contribution is 2.42. The maximum absolute atomic E-state index is 13.3. The van der Waals surface area contributed by atoms with Crippen LogP contribution in [-0.4, -0.2) is 48.4 Å². The standard InChI is InChI=1S/C26H33ClN3O3/c1-20(30-17-9-10-21(18-30)25(32)29-15-7-8-16-29)33-19-28(2)26(14-6-5-13-24(26)31)22-11-3-4-12-23(22)27/h3-4,9-12,17-18,20H,5-8,13-16,19H2,1-2H3/q+1. The Morgan fingerprint density at radius 3 is 2.67 bits per heavy atom. The molecule has 6 nitrogen and oxygen atoms in total. The van der Waals surface area contributed by atoms with E-state index < -0.39 is 5.54 Å². The molecule has 176 valence electrons. The van der Waals surface area contributed by atoms with Crippen LogP contribution in [0.3, 0.4) is 0 Å². The molecule has 7 heteroatoms. The fourth-order valence-electron chi connectivity index (χ4n) is 5.07. The summed E-state index contributed by atoms with van der Waals surface area (Å²) >= 11 is 6.56. The van der Waals surface area contributed by atoms with Crippen LogP contribution in [0.1, 0.15) is 67.6 Å². The first kappa shape index (κ1) is 23.9. The zero-order valence-electron chi connectivity index (χ0n) is 19.5. The Bertz CT molecular complexity index is 1010. The van der Waals surface area contributed by atoms with E-state index >= 15 is 0 Å². The molecule has 33 heavy (non-hydrogen) atoms. The zero-order chi connectivity index (χ0) is 23.4. The summed E-state index contributed by atoms with van der Waals surface area (Å²) in [6.07, 6.45) is 8.71. The highest BCUT2D eigenvalue weighted by molar-refractivity contribution is 6.31. The first-order valence-corrected chi connectivity index (χ1v) is 12.2. The van der Waals surface area contributed by atoms with Crippen LogP contribution >= 0.6 is 11.6 Å². The topological polar surface area (TPSA) is 53.7 Å². The van der Waals surface area contributed by atoms with Gasteiger partial charge in [-0.2, -0.15) is 4.57 Å². The van der Waals surface area contributed by atoms with Crippen LogP contribution in [0, 0.1) is 0 Å². The molecule has 0 bridgehead atoms. The lowest BCUT2D eigenvalue weighted by Gasteiger charge is -2.43. The molecule has 0 N–H and O–H groups in total. The van der Waals surface area contributed by atoms with Crippen molar-refractivity contribution < 1.29 is 18.9 Å². The Kier molecular flexibility index (Phi) is 7.47. The van der Waals surface area contributed by atoms with Gasteiger partial charge in [-0.15, -0.1) is 0 Å². The van der Waals surface area contributed by atoms with E-state index in [0.29, 0.717) is 17.0 Å². The van der Waals surface area contributed by atoms with Crippen molar-refractivity contribution >= 4 is 23.3 Å². The fourth-order valence-corrected chi connectivity index (χ4v) is 5.36. The van der Waals surface area contributed by atoms with E-state index in [1.54, 1.807) is 0 Å². The van der Waals surface area contributed by atoms with Gasteiger partial charge < -0.3 is 9.64 Å². The minimum atomic E-state index is -0.783. The van der Waals surface area contributed by atoms with Gasteiger partial charge in [0.25, 0.3) is 12.1 Å². The van der Waals surface area contributed by atoms with Gasteiger partial charge >= 0.3 is 0 Å². The molecule has 2 heterocycles. The van der Waals surface area contributed by atoms with Gasteiger partial charge in [0.15, 0.2) is 18.2 Å². The second-order valence-electron chi connectivity index (χ2n) is 9.10. The smallest absolute Gasteiger partial charge is 0.260 e. The van der Waals surface area contributed by atoms with E-state index in [0.717, 1.165) is 50.8 Å². The van der Waals surface area contributed by atoms with Crippen LogP contribution in [0.2, 0.25) is 5.02 Å². The van der Waals surface area contributed by atoms with Gasteiger partial charge in [-0.05, 0) is 50.4 Å². The minimum absolute atomic E-state index is 0.0663. The van der Waals surface area contributed by atoms with Gasteiger partial charge in [0, 0.05) is 37.5 Å². The summed E-state index contributed by atoms with van der Waals surface area (Å²) < 4.78 is 8.11. The van der Waals surface area contributed by atoms with E-state index in [-0.39, 0.29) is 24.6 Å². The molecule has 2 fully saturated rings. The van der Waals surface area contributed by atoms with Crippen molar-refractivity contribution in [2.24, 2.45) is 0 Å². The number of rotatable bonds is 7. The second kappa shape index (κ2) is 10.3. The van der Waals surface area contributed by atoms with Gasteiger partial charge in [0.2, 0.25) is 0 Å². The molecule has 2 aliphatic rings. The number of hydrogen-bond donors (Lipinski definition) is 0. The van der Waals surface area contributed by atoms with Gasteiger partial charge in [-0.1, -0.05) is 36.2 Å². The summed E-state index contributed by atoms with van der Waals surface area (Å²) in [5.74, 6) is 0.253. The molecule has 1 aromatic heterocycles.